The Hall–Kier alpha value is -0.770. The molecule has 0 amide bonds. The first-order valence-corrected chi connectivity index (χ1v) is 5.60. The molecule has 0 spiro atoms. The van der Waals surface area contributed by atoms with E-state index in [-0.39, 0.29) is 0 Å². The Morgan fingerprint density at radius 2 is 2.36 bits per heavy atom. The van der Waals surface area contributed by atoms with Crippen molar-refractivity contribution < 1.29 is 0 Å². The topological polar surface area (TPSA) is 50.9 Å². The summed E-state index contributed by atoms with van der Waals surface area (Å²) in [5, 5.41) is 3.36. The smallest absolute Gasteiger partial charge is 0.0750 e. The Morgan fingerprint density at radius 1 is 1.64 bits per heavy atom. The van der Waals surface area contributed by atoms with Gasteiger partial charge >= 0.3 is 0 Å². The van der Waals surface area contributed by atoms with Gasteiger partial charge in [0.15, 0.2) is 0 Å². The maximum atomic E-state index is 5.81. The monoisotopic (exact) mass is 255 g/mol. The van der Waals surface area contributed by atoms with Gasteiger partial charge in [-0.15, -0.1) is 0 Å². The second kappa shape index (κ2) is 3.77. The number of rotatable bonds is 3. The van der Waals surface area contributed by atoms with E-state index < -0.39 is 0 Å². The second-order valence-electron chi connectivity index (χ2n) is 3.94. The van der Waals surface area contributed by atoms with Crippen LogP contribution in [0.2, 0.25) is 0 Å². The molecular formula is C10H14BrN3. The lowest BCUT2D eigenvalue weighted by molar-refractivity contribution is 0.787. The molecule has 0 radical (unpaired) electrons. The van der Waals surface area contributed by atoms with Gasteiger partial charge in [-0.25, -0.2) is 0 Å². The molecular weight excluding hydrogens is 242 g/mol. The molecule has 1 aliphatic carbocycles. The van der Waals surface area contributed by atoms with Crippen LogP contribution < -0.4 is 11.1 Å². The summed E-state index contributed by atoms with van der Waals surface area (Å²) in [4.78, 5) is 3.99. The first-order chi connectivity index (χ1) is 6.68. The molecule has 0 aromatic carbocycles. The Bertz CT molecular complexity index is 320. The van der Waals surface area contributed by atoms with Crippen LogP contribution in [0.4, 0.5) is 11.4 Å². The standard InChI is InChI=1S/C10H14BrN3/c1-6-2-7(6)3-14-10-8(11)4-13-5-9(10)12/h4-7H,2-3,12H2,1H3,(H,13,14). The second-order valence-corrected chi connectivity index (χ2v) is 4.79. The van der Waals surface area contributed by atoms with Crippen molar-refractivity contribution in [3.05, 3.63) is 16.9 Å². The van der Waals surface area contributed by atoms with Gasteiger partial charge in [0.2, 0.25) is 0 Å². The molecule has 76 valence electrons. The van der Waals surface area contributed by atoms with Crippen molar-refractivity contribution in [2.75, 3.05) is 17.6 Å². The van der Waals surface area contributed by atoms with Gasteiger partial charge in [-0.2, -0.15) is 0 Å². The molecule has 1 heterocycles. The highest BCUT2D eigenvalue weighted by Crippen LogP contribution is 2.38. The molecule has 0 saturated heterocycles. The zero-order valence-corrected chi connectivity index (χ0v) is 9.71. The number of nitrogen functional groups attached to an aromatic ring is 1. The maximum Gasteiger partial charge on any atom is 0.0750 e. The molecule has 1 fully saturated rings. The third kappa shape index (κ3) is 2.00. The Morgan fingerprint density at radius 3 is 2.93 bits per heavy atom. The van der Waals surface area contributed by atoms with Gasteiger partial charge in [-0.1, -0.05) is 6.92 Å². The van der Waals surface area contributed by atoms with Crippen LogP contribution in [0.3, 0.4) is 0 Å². The molecule has 2 unspecified atom stereocenters. The van der Waals surface area contributed by atoms with Crippen molar-refractivity contribution in [2.24, 2.45) is 11.8 Å². The molecule has 4 heteroatoms. The van der Waals surface area contributed by atoms with Crippen molar-refractivity contribution in [2.45, 2.75) is 13.3 Å². The molecule has 2 rings (SSSR count). The summed E-state index contributed by atoms with van der Waals surface area (Å²) in [6.45, 7) is 3.28. The van der Waals surface area contributed by atoms with Crippen LogP contribution in [0.25, 0.3) is 0 Å². The van der Waals surface area contributed by atoms with Crippen LogP contribution in [0, 0.1) is 11.8 Å². The van der Waals surface area contributed by atoms with Gasteiger partial charge in [0.1, 0.15) is 0 Å². The number of hydrogen-bond acceptors (Lipinski definition) is 3. The van der Waals surface area contributed by atoms with E-state index in [1.165, 1.54) is 6.42 Å². The van der Waals surface area contributed by atoms with Gasteiger partial charge in [-0.3, -0.25) is 4.98 Å². The van der Waals surface area contributed by atoms with Crippen molar-refractivity contribution >= 4 is 27.3 Å². The first kappa shape index (κ1) is 9.77. The number of pyridine rings is 1. The zero-order chi connectivity index (χ0) is 10.1. The molecule has 3 N–H and O–H groups in total. The fraction of sp³-hybridized carbons (Fsp3) is 0.500. The van der Waals surface area contributed by atoms with Gasteiger partial charge in [0.05, 0.1) is 22.0 Å². The highest BCUT2D eigenvalue weighted by Gasteiger charge is 2.32. The summed E-state index contributed by atoms with van der Waals surface area (Å²) in [5.41, 5.74) is 7.48. The van der Waals surface area contributed by atoms with E-state index in [1.54, 1.807) is 12.4 Å². The summed E-state index contributed by atoms with van der Waals surface area (Å²) in [6, 6.07) is 0. The number of aromatic nitrogens is 1. The minimum absolute atomic E-state index is 0.702. The van der Waals surface area contributed by atoms with E-state index in [1.807, 2.05) is 0 Å². The van der Waals surface area contributed by atoms with E-state index in [4.69, 9.17) is 5.73 Å². The molecule has 0 aliphatic heterocycles. The van der Waals surface area contributed by atoms with Gasteiger partial charge in [-0.05, 0) is 34.2 Å². The summed E-state index contributed by atoms with van der Waals surface area (Å²) in [7, 11) is 0. The van der Waals surface area contributed by atoms with Crippen LogP contribution in [0.5, 0.6) is 0 Å². The van der Waals surface area contributed by atoms with Crippen LogP contribution >= 0.6 is 15.9 Å². The van der Waals surface area contributed by atoms with E-state index in [0.29, 0.717) is 5.69 Å². The Balaban J connectivity index is 2.01. The van der Waals surface area contributed by atoms with E-state index in [0.717, 1.165) is 28.5 Å². The van der Waals surface area contributed by atoms with E-state index >= 15 is 0 Å². The average molecular weight is 256 g/mol. The fourth-order valence-electron chi connectivity index (χ4n) is 1.55. The number of nitrogens with two attached hydrogens (primary N) is 1. The number of anilines is 2. The minimum Gasteiger partial charge on any atom is -0.396 e. The lowest BCUT2D eigenvalue weighted by Gasteiger charge is -2.09. The van der Waals surface area contributed by atoms with Gasteiger partial charge in [0, 0.05) is 12.7 Å². The number of nitrogens with zero attached hydrogens (tertiary/aromatic N) is 1. The summed E-state index contributed by atoms with van der Waals surface area (Å²) >= 11 is 3.43. The Labute approximate surface area is 92.2 Å². The predicted molar refractivity (Wildman–Crippen MR) is 62.1 cm³/mol. The molecule has 1 aromatic heterocycles. The van der Waals surface area contributed by atoms with E-state index in [9.17, 15) is 0 Å². The average Bonchev–Trinajstić information content (AvgIpc) is 2.81. The highest BCUT2D eigenvalue weighted by atomic mass is 79.9. The molecule has 2 atom stereocenters. The third-order valence-corrected chi connectivity index (χ3v) is 3.35. The van der Waals surface area contributed by atoms with Crippen LogP contribution in [0.15, 0.2) is 16.9 Å². The zero-order valence-electron chi connectivity index (χ0n) is 8.13. The molecule has 0 bridgehead atoms. The van der Waals surface area contributed by atoms with Crippen LogP contribution in [0.1, 0.15) is 13.3 Å². The maximum absolute atomic E-state index is 5.81. The predicted octanol–water partition coefficient (Wildman–Crippen LogP) is 2.49. The highest BCUT2D eigenvalue weighted by molar-refractivity contribution is 9.10. The number of halogens is 1. The molecule has 1 aliphatic rings. The molecule has 14 heavy (non-hydrogen) atoms. The SMILES string of the molecule is CC1CC1CNc1c(N)cncc1Br. The fourth-order valence-corrected chi connectivity index (χ4v) is 2.04. The van der Waals surface area contributed by atoms with Crippen molar-refractivity contribution in [3.8, 4) is 0 Å². The van der Waals surface area contributed by atoms with Crippen molar-refractivity contribution in [1.29, 1.82) is 0 Å². The van der Waals surface area contributed by atoms with Crippen molar-refractivity contribution in [1.82, 2.24) is 4.98 Å². The van der Waals surface area contributed by atoms with Gasteiger partial charge < -0.3 is 11.1 Å². The minimum atomic E-state index is 0.702. The Kier molecular flexibility index (Phi) is 2.63. The first-order valence-electron chi connectivity index (χ1n) is 4.81. The molecule has 3 nitrogen and oxygen atoms in total. The number of hydrogen-bond donors (Lipinski definition) is 2. The van der Waals surface area contributed by atoms with Crippen LogP contribution in [-0.2, 0) is 0 Å². The summed E-state index contributed by atoms with van der Waals surface area (Å²) in [6.07, 6.45) is 4.76. The quantitative estimate of drug-likeness (QED) is 0.873. The summed E-state index contributed by atoms with van der Waals surface area (Å²) in [5.74, 6) is 1.68. The molecule has 1 aromatic rings. The van der Waals surface area contributed by atoms with Crippen molar-refractivity contribution in [3.63, 3.8) is 0 Å². The lowest BCUT2D eigenvalue weighted by Crippen LogP contribution is -2.07. The normalized spacial score (nSPS) is 24.7. The lowest BCUT2D eigenvalue weighted by atomic mass is 10.3. The molecule has 1 saturated carbocycles. The summed E-state index contributed by atoms with van der Waals surface area (Å²) < 4.78 is 0.936. The third-order valence-electron chi connectivity index (χ3n) is 2.75. The van der Waals surface area contributed by atoms with E-state index in [2.05, 4.69) is 33.2 Å². The van der Waals surface area contributed by atoms with Crippen LogP contribution in [-0.4, -0.2) is 11.5 Å². The van der Waals surface area contributed by atoms with Gasteiger partial charge in [0.25, 0.3) is 0 Å². The number of nitrogens with one attached hydrogen (secondary N) is 1. The largest absolute Gasteiger partial charge is 0.396 e.